The molecule has 0 fully saturated rings. The number of methoxy groups -OCH3 is 1. The van der Waals surface area contributed by atoms with E-state index in [1.807, 2.05) is 6.92 Å². The molecule has 0 heterocycles. The number of ether oxygens (including phenoxy) is 1. The molecular weight excluding hydrogens is 371 g/mol. The van der Waals surface area contributed by atoms with E-state index in [1.165, 1.54) is 19.2 Å². The average Bonchev–Trinajstić information content (AvgIpc) is 2.49. The van der Waals surface area contributed by atoms with Gasteiger partial charge in [0.1, 0.15) is 11.5 Å². The molecule has 8 heteroatoms. The van der Waals surface area contributed by atoms with Gasteiger partial charge in [0.15, 0.2) is 5.11 Å². The summed E-state index contributed by atoms with van der Waals surface area (Å²) in [5.74, 6) is -0.324. The first-order valence-electron chi connectivity index (χ1n) is 6.76. The molecule has 0 unspecified atom stereocenters. The average molecular weight is 385 g/mol. The van der Waals surface area contributed by atoms with Crippen LogP contribution < -0.4 is 15.4 Å². The van der Waals surface area contributed by atoms with Gasteiger partial charge in [0, 0.05) is 5.02 Å². The summed E-state index contributed by atoms with van der Waals surface area (Å²) < 4.78 is 5.13. The highest BCUT2D eigenvalue weighted by atomic mass is 35.5. The van der Waals surface area contributed by atoms with Crippen LogP contribution in [0.5, 0.6) is 11.5 Å². The van der Waals surface area contributed by atoms with Crippen molar-refractivity contribution in [1.29, 1.82) is 0 Å². The van der Waals surface area contributed by atoms with Crippen LogP contribution in [0.2, 0.25) is 10.0 Å². The number of halogens is 2. The van der Waals surface area contributed by atoms with Crippen LogP contribution in [0.15, 0.2) is 30.3 Å². The Labute approximate surface area is 154 Å². The minimum atomic E-state index is -0.541. The largest absolute Gasteiger partial charge is 0.506 e. The Morgan fingerprint density at radius 1 is 1.25 bits per heavy atom. The van der Waals surface area contributed by atoms with Crippen molar-refractivity contribution in [2.75, 3.05) is 12.4 Å². The van der Waals surface area contributed by atoms with Gasteiger partial charge in [-0.05, 0) is 49.0 Å². The fourth-order valence-corrected chi connectivity index (χ4v) is 2.78. The third kappa shape index (κ3) is 4.29. The zero-order chi connectivity index (χ0) is 17.9. The molecule has 0 bridgehead atoms. The molecule has 0 spiro atoms. The van der Waals surface area contributed by atoms with E-state index >= 15 is 0 Å². The van der Waals surface area contributed by atoms with E-state index in [0.717, 1.165) is 5.56 Å². The van der Waals surface area contributed by atoms with Crippen LogP contribution in [0.3, 0.4) is 0 Å². The molecule has 2 rings (SSSR count). The van der Waals surface area contributed by atoms with Crippen molar-refractivity contribution in [3.8, 4) is 11.5 Å². The summed E-state index contributed by atoms with van der Waals surface area (Å²) in [5.41, 5.74) is 1.42. The number of phenols is 1. The predicted octanol–water partition coefficient (Wildman–Crippen LogP) is 4.14. The number of aromatic hydroxyl groups is 1. The first-order chi connectivity index (χ1) is 11.3. The van der Waals surface area contributed by atoms with Crippen molar-refractivity contribution in [1.82, 2.24) is 5.32 Å². The Hall–Kier alpha value is -2.02. The zero-order valence-electron chi connectivity index (χ0n) is 12.8. The fraction of sp³-hybridized carbons (Fsp3) is 0.125. The molecule has 2 aromatic rings. The number of hydrogen-bond acceptors (Lipinski definition) is 4. The number of nitrogens with one attached hydrogen (secondary N) is 2. The van der Waals surface area contributed by atoms with Gasteiger partial charge in [-0.15, -0.1) is 0 Å². The lowest BCUT2D eigenvalue weighted by atomic mass is 10.2. The molecule has 0 aromatic heterocycles. The number of aryl methyl sites for hydroxylation is 1. The highest BCUT2D eigenvalue weighted by Gasteiger charge is 2.18. The number of rotatable bonds is 3. The number of thiocarbonyl (C=S) groups is 1. The van der Waals surface area contributed by atoms with Crippen molar-refractivity contribution in [2.24, 2.45) is 0 Å². The van der Waals surface area contributed by atoms with Crippen molar-refractivity contribution < 1.29 is 14.6 Å². The Bertz CT molecular complexity index is 812. The smallest absolute Gasteiger partial charge is 0.261 e. The summed E-state index contributed by atoms with van der Waals surface area (Å²) >= 11 is 17.0. The maximum atomic E-state index is 12.4. The number of anilines is 1. The van der Waals surface area contributed by atoms with Crippen LogP contribution >= 0.6 is 35.4 Å². The number of carbonyl (C=O) groups is 1. The molecule has 24 heavy (non-hydrogen) atoms. The first kappa shape index (κ1) is 18.3. The summed E-state index contributed by atoms with van der Waals surface area (Å²) in [4.78, 5) is 12.4. The molecule has 0 radical (unpaired) electrons. The predicted molar refractivity (Wildman–Crippen MR) is 99.5 cm³/mol. The van der Waals surface area contributed by atoms with Crippen LogP contribution in [-0.2, 0) is 0 Å². The van der Waals surface area contributed by atoms with Gasteiger partial charge >= 0.3 is 0 Å². The molecular formula is C16H14Cl2N2O3S. The Morgan fingerprint density at radius 2 is 1.96 bits per heavy atom. The SMILES string of the molecule is COc1c(Cl)cc(Cl)cc1C(=O)NC(=S)Nc1ccc(C)cc1O. The Balaban J connectivity index is 2.16. The summed E-state index contributed by atoms with van der Waals surface area (Å²) in [6, 6.07) is 7.92. The van der Waals surface area contributed by atoms with E-state index in [9.17, 15) is 9.90 Å². The molecule has 0 aliphatic heterocycles. The van der Waals surface area contributed by atoms with E-state index in [-0.39, 0.29) is 27.2 Å². The maximum absolute atomic E-state index is 12.4. The van der Waals surface area contributed by atoms with E-state index in [4.69, 9.17) is 40.2 Å². The summed E-state index contributed by atoms with van der Waals surface area (Å²) in [6.07, 6.45) is 0. The van der Waals surface area contributed by atoms with Crippen molar-refractivity contribution in [3.63, 3.8) is 0 Å². The second-order valence-corrected chi connectivity index (χ2v) is 6.15. The van der Waals surface area contributed by atoms with E-state index in [0.29, 0.717) is 10.7 Å². The normalized spacial score (nSPS) is 10.2. The van der Waals surface area contributed by atoms with Gasteiger partial charge in [-0.25, -0.2) is 0 Å². The third-order valence-electron chi connectivity index (χ3n) is 3.09. The molecule has 0 aliphatic carbocycles. The summed E-state index contributed by atoms with van der Waals surface area (Å²) in [6.45, 7) is 1.85. The van der Waals surface area contributed by atoms with Crippen molar-refractivity contribution >= 4 is 52.1 Å². The zero-order valence-corrected chi connectivity index (χ0v) is 15.1. The van der Waals surface area contributed by atoms with Gasteiger partial charge in [-0.3, -0.25) is 10.1 Å². The van der Waals surface area contributed by atoms with Crippen LogP contribution in [0.4, 0.5) is 5.69 Å². The standard InChI is InChI=1S/C16H14Cl2N2O3S/c1-8-3-4-12(13(21)5-8)19-16(24)20-15(22)10-6-9(17)7-11(18)14(10)23-2/h3-7,21H,1-2H3,(H2,19,20,22,24). The topological polar surface area (TPSA) is 70.6 Å². The second-order valence-electron chi connectivity index (χ2n) is 4.90. The quantitative estimate of drug-likeness (QED) is 0.547. The molecule has 0 saturated carbocycles. The summed E-state index contributed by atoms with van der Waals surface area (Å²) in [7, 11) is 1.40. The number of amides is 1. The minimum Gasteiger partial charge on any atom is -0.506 e. The lowest BCUT2D eigenvalue weighted by molar-refractivity contribution is 0.0974. The third-order valence-corrected chi connectivity index (χ3v) is 3.79. The molecule has 3 N–H and O–H groups in total. The number of hydrogen-bond donors (Lipinski definition) is 3. The molecule has 2 aromatic carbocycles. The maximum Gasteiger partial charge on any atom is 0.261 e. The van der Waals surface area contributed by atoms with Gasteiger partial charge in [-0.1, -0.05) is 29.3 Å². The monoisotopic (exact) mass is 384 g/mol. The summed E-state index contributed by atoms with van der Waals surface area (Å²) in [5, 5.41) is 15.6. The van der Waals surface area contributed by atoms with E-state index in [1.54, 1.807) is 18.2 Å². The fourth-order valence-electron chi connectivity index (χ4n) is 2.01. The van der Waals surface area contributed by atoms with Crippen LogP contribution in [0.25, 0.3) is 0 Å². The lowest BCUT2D eigenvalue weighted by Gasteiger charge is -2.13. The van der Waals surface area contributed by atoms with Crippen LogP contribution in [0, 0.1) is 6.92 Å². The highest BCUT2D eigenvalue weighted by molar-refractivity contribution is 7.80. The van der Waals surface area contributed by atoms with Crippen LogP contribution in [-0.4, -0.2) is 23.2 Å². The van der Waals surface area contributed by atoms with Gasteiger partial charge in [0.2, 0.25) is 0 Å². The molecule has 0 saturated heterocycles. The van der Waals surface area contributed by atoms with Crippen LogP contribution in [0.1, 0.15) is 15.9 Å². The molecule has 5 nitrogen and oxygen atoms in total. The van der Waals surface area contributed by atoms with Crippen molar-refractivity contribution in [2.45, 2.75) is 6.92 Å². The number of benzene rings is 2. The lowest BCUT2D eigenvalue weighted by Crippen LogP contribution is -2.34. The number of phenolic OH excluding ortho intramolecular Hbond substituents is 1. The molecule has 0 aliphatic rings. The van der Waals surface area contributed by atoms with Gasteiger partial charge in [0.25, 0.3) is 5.91 Å². The van der Waals surface area contributed by atoms with Crippen molar-refractivity contribution in [3.05, 3.63) is 51.5 Å². The minimum absolute atomic E-state index is 0.0114. The number of carbonyl (C=O) groups excluding carboxylic acids is 1. The Kier molecular flexibility index (Phi) is 5.88. The molecule has 1 amide bonds. The van der Waals surface area contributed by atoms with E-state index in [2.05, 4.69) is 10.6 Å². The first-order valence-corrected chi connectivity index (χ1v) is 7.93. The highest BCUT2D eigenvalue weighted by Crippen LogP contribution is 2.32. The molecule has 0 atom stereocenters. The van der Waals surface area contributed by atoms with Gasteiger partial charge in [0.05, 0.1) is 23.4 Å². The van der Waals surface area contributed by atoms with Gasteiger partial charge < -0.3 is 15.2 Å². The van der Waals surface area contributed by atoms with E-state index < -0.39 is 5.91 Å². The molecule has 126 valence electrons. The second kappa shape index (κ2) is 7.70. The Morgan fingerprint density at radius 3 is 2.58 bits per heavy atom. The van der Waals surface area contributed by atoms with Gasteiger partial charge in [-0.2, -0.15) is 0 Å².